The van der Waals surface area contributed by atoms with Crippen LogP contribution in [0.5, 0.6) is 0 Å². The molecule has 5 heteroatoms. The van der Waals surface area contributed by atoms with Crippen molar-refractivity contribution < 1.29 is 0 Å². The van der Waals surface area contributed by atoms with Crippen molar-refractivity contribution >= 4 is 29.2 Å². The van der Waals surface area contributed by atoms with E-state index in [9.17, 15) is 0 Å². The van der Waals surface area contributed by atoms with Gasteiger partial charge in [-0.25, -0.2) is 4.98 Å². The number of imidazole rings is 1. The molecule has 0 bridgehead atoms. The molecule has 102 valence electrons. The number of rotatable bonds is 5. The number of aryl methyl sites for hydroxylation is 1. The quantitative estimate of drug-likeness (QED) is 0.811. The lowest BCUT2D eigenvalue weighted by atomic mass is 10.3. The molecular weight excluding hydrogens is 281 g/mol. The number of nitrogens with zero attached hydrogens (tertiary/aromatic N) is 2. The van der Waals surface area contributed by atoms with E-state index in [1.807, 2.05) is 29.8 Å². The van der Waals surface area contributed by atoms with Crippen LogP contribution in [0.25, 0.3) is 5.69 Å². The molecule has 0 amide bonds. The first kappa shape index (κ1) is 14.2. The van der Waals surface area contributed by atoms with Crippen LogP contribution in [-0.4, -0.2) is 16.1 Å². The molecule has 1 aromatic heterocycles. The Hall–Kier alpha value is -1.19. The second kappa shape index (κ2) is 6.31. The molecule has 1 heterocycles. The third-order valence-corrected chi connectivity index (χ3v) is 3.56. The standard InChI is InChI=1S/C14H17Cl2N3/c1-3-4-7-17-14-18-10(2)9-19(14)11-5-6-12(15)13(16)8-11/h5-6,8-9H,3-4,7H2,1-2H3,(H,17,18). The van der Waals surface area contributed by atoms with E-state index in [1.165, 1.54) is 0 Å². The first-order chi connectivity index (χ1) is 9.11. The summed E-state index contributed by atoms with van der Waals surface area (Å²) in [7, 11) is 0. The number of benzene rings is 1. The average molecular weight is 298 g/mol. The summed E-state index contributed by atoms with van der Waals surface area (Å²) < 4.78 is 1.99. The van der Waals surface area contributed by atoms with Crippen LogP contribution in [0.4, 0.5) is 5.95 Å². The third-order valence-electron chi connectivity index (χ3n) is 2.82. The Morgan fingerprint density at radius 2 is 2.05 bits per heavy atom. The van der Waals surface area contributed by atoms with Crippen molar-refractivity contribution in [3.63, 3.8) is 0 Å². The number of hydrogen-bond acceptors (Lipinski definition) is 2. The van der Waals surface area contributed by atoms with Crippen LogP contribution < -0.4 is 5.32 Å². The minimum Gasteiger partial charge on any atom is -0.355 e. The molecule has 2 rings (SSSR count). The van der Waals surface area contributed by atoms with Gasteiger partial charge in [0.05, 0.1) is 21.4 Å². The van der Waals surface area contributed by atoms with Crippen LogP contribution in [0.1, 0.15) is 25.5 Å². The number of nitrogens with one attached hydrogen (secondary N) is 1. The van der Waals surface area contributed by atoms with E-state index >= 15 is 0 Å². The number of hydrogen-bond donors (Lipinski definition) is 1. The smallest absolute Gasteiger partial charge is 0.207 e. The number of unbranched alkanes of at least 4 members (excludes halogenated alkanes) is 1. The lowest BCUT2D eigenvalue weighted by Crippen LogP contribution is -2.07. The van der Waals surface area contributed by atoms with Gasteiger partial charge in [-0.05, 0) is 31.5 Å². The SMILES string of the molecule is CCCCNc1nc(C)cn1-c1ccc(Cl)c(Cl)c1. The molecule has 0 unspecified atom stereocenters. The molecule has 1 aromatic carbocycles. The predicted molar refractivity (Wildman–Crippen MR) is 81.7 cm³/mol. The summed E-state index contributed by atoms with van der Waals surface area (Å²) in [6, 6.07) is 5.57. The zero-order valence-corrected chi connectivity index (χ0v) is 12.6. The van der Waals surface area contributed by atoms with Gasteiger partial charge in [-0.1, -0.05) is 36.5 Å². The maximum Gasteiger partial charge on any atom is 0.207 e. The van der Waals surface area contributed by atoms with Gasteiger partial charge in [0.15, 0.2) is 0 Å². The fraction of sp³-hybridized carbons (Fsp3) is 0.357. The summed E-state index contributed by atoms with van der Waals surface area (Å²) in [5.41, 5.74) is 1.92. The van der Waals surface area contributed by atoms with Crippen molar-refractivity contribution in [2.75, 3.05) is 11.9 Å². The summed E-state index contributed by atoms with van der Waals surface area (Å²) in [4.78, 5) is 4.49. The molecule has 0 saturated carbocycles. The van der Waals surface area contributed by atoms with Gasteiger partial charge in [0.1, 0.15) is 0 Å². The van der Waals surface area contributed by atoms with Crippen LogP contribution in [0.3, 0.4) is 0 Å². The topological polar surface area (TPSA) is 29.9 Å². The van der Waals surface area contributed by atoms with Gasteiger partial charge < -0.3 is 5.32 Å². The van der Waals surface area contributed by atoms with Gasteiger partial charge in [0.2, 0.25) is 5.95 Å². The number of aromatic nitrogens is 2. The molecule has 2 aromatic rings. The van der Waals surface area contributed by atoms with Crippen molar-refractivity contribution in [2.45, 2.75) is 26.7 Å². The summed E-state index contributed by atoms with van der Waals surface area (Å²) in [6.45, 7) is 5.05. The zero-order valence-electron chi connectivity index (χ0n) is 11.1. The molecule has 0 spiro atoms. The molecule has 0 aliphatic carbocycles. The molecule has 19 heavy (non-hydrogen) atoms. The monoisotopic (exact) mass is 297 g/mol. The molecule has 0 saturated heterocycles. The van der Waals surface area contributed by atoms with E-state index in [0.717, 1.165) is 36.7 Å². The highest BCUT2D eigenvalue weighted by molar-refractivity contribution is 6.42. The lowest BCUT2D eigenvalue weighted by Gasteiger charge is -2.10. The maximum atomic E-state index is 6.06. The van der Waals surface area contributed by atoms with Crippen LogP contribution in [0, 0.1) is 6.92 Å². The highest BCUT2D eigenvalue weighted by Crippen LogP contribution is 2.26. The Morgan fingerprint density at radius 1 is 1.26 bits per heavy atom. The van der Waals surface area contributed by atoms with Crippen LogP contribution in [0.2, 0.25) is 10.0 Å². The molecular formula is C14H17Cl2N3. The molecule has 3 nitrogen and oxygen atoms in total. The number of halogens is 2. The van der Waals surface area contributed by atoms with Crippen molar-refractivity contribution in [3.05, 3.63) is 40.1 Å². The summed E-state index contributed by atoms with van der Waals surface area (Å²) in [6.07, 6.45) is 4.25. The molecule has 0 fully saturated rings. The first-order valence-electron chi connectivity index (χ1n) is 6.37. The third kappa shape index (κ3) is 3.43. The molecule has 0 radical (unpaired) electrons. The minimum atomic E-state index is 0.546. The highest BCUT2D eigenvalue weighted by Gasteiger charge is 2.08. The van der Waals surface area contributed by atoms with E-state index in [4.69, 9.17) is 23.2 Å². The van der Waals surface area contributed by atoms with Crippen molar-refractivity contribution in [1.82, 2.24) is 9.55 Å². The zero-order chi connectivity index (χ0) is 13.8. The van der Waals surface area contributed by atoms with E-state index in [2.05, 4.69) is 17.2 Å². The normalized spacial score (nSPS) is 10.7. The Balaban J connectivity index is 2.29. The highest BCUT2D eigenvalue weighted by atomic mass is 35.5. The van der Waals surface area contributed by atoms with Crippen LogP contribution in [-0.2, 0) is 0 Å². The van der Waals surface area contributed by atoms with Crippen molar-refractivity contribution in [2.24, 2.45) is 0 Å². The second-order valence-electron chi connectivity index (χ2n) is 4.45. The Morgan fingerprint density at radius 3 is 2.74 bits per heavy atom. The Kier molecular flexibility index (Phi) is 4.72. The van der Waals surface area contributed by atoms with Gasteiger partial charge in [0.25, 0.3) is 0 Å². The predicted octanol–water partition coefficient (Wildman–Crippen LogP) is 4.70. The average Bonchev–Trinajstić information content (AvgIpc) is 2.74. The summed E-state index contributed by atoms with van der Waals surface area (Å²) >= 11 is 12.0. The van der Waals surface area contributed by atoms with E-state index < -0.39 is 0 Å². The Bertz CT molecular complexity index is 564. The fourth-order valence-corrected chi connectivity index (χ4v) is 2.12. The van der Waals surface area contributed by atoms with Gasteiger partial charge in [-0.15, -0.1) is 0 Å². The molecule has 0 aliphatic rings. The van der Waals surface area contributed by atoms with E-state index in [0.29, 0.717) is 10.0 Å². The fourth-order valence-electron chi connectivity index (χ4n) is 1.83. The minimum absolute atomic E-state index is 0.546. The molecule has 0 atom stereocenters. The maximum absolute atomic E-state index is 6.06. The van der Waals surface area contributed by atoms with Crippen LogP contribution in [0.15, 0.2) is 24.4 Å². The van der Waals surface area contributed by atoms with Crippen LogP contribution >= 0.6 is 23.2 Å². The van der Waals surface area contributed by atoms with E-state index in [1.54, 1.807) is 6.07 Å². The van der Waals surface area contributed by atoms with Gasteiger partial charge in [-0.3, -0.25) is 4.57 Å². The Labute approximate surface area is 123 Å². The van der Waals surface area contributed by atoms with Crippen molar-refractivity contribution in [1.29, 1.82) is 0 Å². The van der Waals surface area contributed by atoms with E-state index in [-0.39, 0.29) is 0 Å². The van der Waals surface area contributed by atoms with Gasteiger partial charge in [-0.2, -0.15) is 0 Å². The summed E-state index contributed by atoms with van der Waals surface area (Å²) in [5.74, 6) is 0.837. The summed E-state index contributed by atoms with van der Waals surface area (Å²) in [5, 5.41) is 4.45. The molecule has 0 aliphatic heterocycles. The largest absolute Gasteiger partial charge is 0.355 e. The lowest BCUT2D eigenvalue weighted by molar-refractivity contribution is 0.823. The van der Waals surface area contributed by atoms with Gasteiger partial charge in [0, 0.05) is 12.7 Å². The number of anilines is 1. The second-order valence-corrected chi connectivity index (χ2v) is 5.27. The molecule has 1 N–H and O–H groups in total. The van der Waals surface area contributed by atoms with Gasteiger partial charge >= 0.3 is 0 Å². The first-order valence-corrected chi connectivity index (χ1v) is 7.12. The van der Waals surface area contributed by atoms with Crippen molar-refractivity contribution in [3.8, 4) is 5.69 Å².